The van der Waals surface area contributed by atoms with E-state index in [0.717, 1.165) is 62.2 Å². The minimum Gasteiger partial charge on any atom is -0.474 e. The molecule has 8 heteroatoms. The van der Waals surface area contributed by atoms with Crippen LogP contribution in [0.2, 0.25) is 0 Å². The minimum atomic E-state index is 0.0452. The number of carbonyl (C=O) groups is 1. The number of likely N-dealkylation sites (tertiary alicyclic amines) is 1. The lowest BCUT2D eigenvalue weighted by molar-refractivity contribution is -0.00568. The number of piperidine rings is 1. The number of rotatable bonds is 9. The van der Waals surface area contributed by atoms with Gasteiger partial charge in [0.15, 0.2) is 5.69 Å². The van der Waals surface area contributed by atoms with E-state index in [9.17, 15) is 4.79 Å². The third-order valence-corrected chi connectivity index (χ3v) is 9.58. The summed E-state index contributed by atoms with van der Waals surface area (Å²) in [6.45, 7) is 7.08. The second-order valence-electron chi connectivity index (χ2n) is 11.9. The molecule has 0 radical (unpaired) electrons. The Labute approximate surface area is 225 Å². The second-order valence-corrected chi connectivity index (χ2v) is 11.9. The molecule has 0 aromatic carbocycles. The summed E-state index contributed by atoms with van der Waals surface area (Å²) in [5.74, 6) is 3.43. The molecule has 3 fully saturated rings. The third-order valence-electron chi connectivity index (χ3n) is 9.58. The van der Waals surface area contributed by atoms with Crippen LogP contribution in [-0.4, -0.2) is 69.2 Å². The molecule has 1 N–H and O–H groups in total. The molecule has 1 aliphatic heterocycles. The molecule has 4 aliphatic rings. The summed E-state index contributed by atoms with van der Waals surface area (Å²) in [5.41, 5.74) is 4.40. The molecule has 2 saturated carbocycles. The number of aromatic nitrogens is 3. The monoisotopic (exact) mass is 522 g/mol. The van der Waals surface area contributed by atoms with Crippen molar-refractivity contribution in [2.75, 3.05) is 26.3 Å². The van der Waals surface area contributed by atoms with Gasteiger partial charge in [0.05, 0.1) is 19.3 Å². The van der Waals surface area contributed by atoms with Gasteiger partial charge >= 0.3 is 0 Å². The van der Waals surface area contributed by atoms with Crippen LogP contribution in [0, 0.1) is 24.7 Å². The molecule has 8 nitrogen and oxygen atoms in total. The molecule has 3 atom stereocenters. The number of ether oxygens (including phenoxy) is 2. The van der Waals surface area contributed by atoms with E-state index < -0.39 is 0 Å². The minimum absolute atomic E-state index is 0.0452. The van der Waals surface area contributed by atoms with Gasteiger partial charge in [-0.05, 0) is 88.0 Å². The molecule has 0 unspecified atom stereocenters. The van der Waals surface area contributed by atoms with Gasteiger partial charge in [0.1, 0.15) is 6.10 Å². The maximum atomic E-state index is 13.6. The molecule has 2 aromatic heterocycles. The summed E-state index contributed by atoms with van der Waals surface area (Å²) >= 11 is 0. The van der Waals surface area contributed by atoms with Crippen molar-refractivity contribution in [3.05, 3.63) is 40.8 Å². The summed E-state index contributed by atoms with van der Waals surface area (Å²) in [4.78, 5) is 20.0. The van der Waals surface area contributed by atoms with Crippen molar-refractivity contribution >= 4 is 5.91 Å². The van der Waals surface area contributed by atoms with Crippen LogP contribution in [0.1, 0.15) is 85.1 Å². The average Bonchev–Trinajstić information content (AvgIpc) is 3.25. The molecule has 2 aromatic rings. The van der Waals surface area contributed by atoms with Gasteiger partial charge in [0.2, 0.25) is 5.88 Å². The van der Waals surface area contributed by atoms with Gasteiger partial charge in [-0.2, -0.15) is 5.10 Å². The molecule has 0 bridgehead atoms. The Kier molecular flexibility index (Phi) is 7.45. The lowest BCUT2D eigenvalue weighted by Gasteiger charge is -2.31. The van der Waals surface area contributed by atoms with Crippen molar-refractivity contribution in [1.82, 2.24) is 19.7 Å². The lowest BCUT2D eigenvalue weighted by atomic mass is 9.85. The number of aliphatic hydroxyl groups is 1. The Hall–Kier alpha value is -2.45. The Balaban J connectivity index is 1.06. The van der Waals surface area contributed by atoms with Crippen LogP contribution in [0.15, 0.2) is 18.3 Å². The van der Waals surface area contributed by atoms with E-state index in [-0.39, 0.29) is 24.7 Å². The van der Waals surface area contributed by atoms with Gasteiger partial charge in [-0.3, -0.25) is 9.48 Å². The average molecular weight is 523 g/mol. The highest BCUT2D eigenvalue weighted by Gasteiger charge is 2.56. The van der Waals surface area contributed by atoms with Crippen LogP contribution < -0.4 is 4.74 Å². The van der Waals surface area contributed by atoms with E-state index in [0.29, 0.717) is 43.4 Å². The first-order valence-electron chi connectivity index (χ1n) is 14.7. The van der Waals surface area contributed by atoms with Gasteiger partial charge in [-0.1, -0.05) is 13.0 Å². The lowest BCUT2D eigenvalue weighted by Crippen LogP contribution is -2.41. The van der Waals surface area contributed by atoms with Gasteiger partial charge in [0, 0.05) is 42.7 Å². The zero-order valence-electron chi connectivity index (χ0n) is 22.8. The number of hydrogen-bond donors (Lipinski definition) is 1. The predicted octanol–water partition coefficient (Wildman–Crippen LogP) is 4.13. The first kappa shape index (κ1) is 25.8. The third kappa shape index (κ3) is 5.09. The highest BCUT2D eigenvalue weighted by molar-refractivity contribution is 5.95. The maximum absolute atomic E-state index is 13.6. The largest absolute Gasteiger partial charge is 0.474 e. The van der Waals surface area contributed by atoms with Crippen molar-refractivity contribution in [2.45, 2.75) is 89.9 Å². The van der Waals surface area contributed by atoms with E-state index in [1.807, 2.05) is 11.0 Å². The van der Waals surface area contributed by atoms with E-state index in [2.05, 4.69) is 29.6 Å². The van der Waals surface area contributed by atoms with E-state index in [1.54, 1.807) is 6.20 Å². The number of nitrogens with zero attached hydrogens (tertiary/aromatic N) is 4. The Bertz CT molecular complexity index is 1130. The summed E-state index contributed by atoms with van der Waals surface area (Å²) < 4.78 is 14.1. The number of hydrogen-bond acceptors (Lipinski definition) is 6. The van der Waals surface area contributed by atoms with Gasteiger partial charge < -0.3 is 19.5 Å². The van der Waals surface area contributed by atoms with Crippen LogP contribution in [-0.2, 0) is 17.7 Å². The number of pyridine rings is 1. The molecular weight excluding hydrogens is 480 g/mol. The first-order valence-corrected chi connectivity index (χ1v) is 14.7. The number of aryl methyl sites for hydroxylation is 2. The molecule has 38 heavy (non-hydrogen) atoms. The van der Waals surface area contributed by atoms with Crippen LogP contribution in [0.3, 0.4) is 0 Å². The Morgan fingerprint density at radius 2 is 1.92 bits per heavy atom. The van der Waals surface area contributed by atoms with Crippen LogP contribution in [0.25, 0.3) is 0 Å². The zero-order chi connectivity index (χ0) is 26.2. The zero-order valence-corrected chi connectivity index (χ0v) is 22.8. The summed E-state index contributed by atoms with van der Waals surface area (Å²) in [7, 11) is 0. The number of aliphatic hydroxyl groups excluding tert-OH is 1. The molecule has 1 saturated heterocycles. The van der Waals surface area contributed by atoms with E-state index >= 15 is 0 Å². The Morgan fingerprint density at radius 1 is 1.13 bits per heavy atom. The van der Waals surface area contributed by atoms with Crippen LogP contribution in [0.5, 0.6) is 5.88 Å². The predicted molar refractivity (Wildman–Crippen MR) is 143 cm³/mol. The highest BCUT2D eigenvalue weighted by Crippen LogP contribution is 2.62. The standard InChI is InChI=1S/C30H42N4O4/c1-19-4-3-12-31-29(19)38-23-7-5-21(6-8-23)9-15-34-25-18-24-20(2)26(24)27(25)28(32-34)30(36)33-13-10-22(11-14-33)37-17-16-35/h3-4,12,20-24,26,35H,5-11,13-18H2,1-2H3/t20-,21?,23?,24+,26-/m1/s1. The smallest absolute Gasteiger partial charge is 0.274 e. The van der Waals surface area contributed by atoms with Crippen LogP contribution in [0.4, 0.5) is 0 Å². The van der Waals surface area contributed by atoms with Gasteiger partial charge in [0.25, 0.3) is 5.91 Å². The van der Waals surface area contributed by atoms with E-state index in [1.165, 1.54) is 24.1 Å². The van der Waals surface area contributed by atoms with Crippen molar-refractivity contribution in [2.24, 2.45) is 17.8 Å². The normalized spacial score (nSPS) is 28.7. The van der Waals surface area contributed by atoms with E-state index in [4.69, 9.17) is 19.7 Å². The second kappa shape index (κ2) is 11.0. The number of fused-ring (bicyclic) bond motifs is 3. The summed E-state index contributed by atoms with van der Waals surface area (Å²) in [5, 5.41) is 14.0. The quantitative estimate of drug-likeness (QED) is 0.533. The Morgan fingerprint density at radius 3 is 2.66 bits per heavy atom. The maximum Gasteiger partial charge on any atom is 0.274 e. The van der Waals surface area contributed by atoms with Crippen molar-refractivity contribution in [3.8, 4) is 5.88 Å². The fourth-order valence-corrected chi connectivity index (χ4v) is 7.17. The fourth-order valence-electron chi connectivity index (χ4n) is 7.17. The first-order chi connectivity index (χ1) is 18.5. The topological polar surface area (TPSA) is 89.7 Å². The van der Waals surface area contributed by atoms with Gasteiger partial charge in [-0.25, -0.2) is 4.98 Å². The molecule has 1 amide bonds. The molecule has 6 rings (SSSR count). The van der Waals surface area contributed by atoms with Crippen molar-refractivity contribution < 1.29 is 19.4 Å². The fraction of sp³-hybridized carbons (Fsp3) is 0.700. The van der Waals surface area contributed by atoms with Crippen molar-refractivity contribution in [1.29, 1.82) is 0 Å². The highest BCUT2D eigenvalue weighted by atomic mass is 16.5. The molecular formula is C30H42N4O4. The summed E-state index contributed by atoms with van der Waals surface area (Å²) in [6.07, 6.45) is 10.5. The van der Waals surface area contributed by atoms with Gasteiger partial charge in [-0.15, -0.1) is 0 Å². The van der Waals surface area contributed by atoms with Crippen molar-refractivity contribution in [3.63, 3.8) is 0 Å². The number of amides is 1. The summed E-state index contributed by atoms with van der Waals surface area (Å²) in [6, 6.07) is 4.00. The molecule has 3 aliphatic carbocycles. The number of carbonyl (C=O) groups excluding carboxylic acids is 1. The SMILES string of the molecule is Cc1cccnc1OC1CCC(CCn2nc(C(=O)N3CCC(OCCO)CC3)c3c2C[C@H]2[C@@H](C)[C@@H]32)CC1. The molecule has 206 valence electrons. The molecule has 3 heterocycles. The van der Waals surface area contributed by atoms with Crippen LogP contribution >= 0.6 is 0 Å². The molecule has 0 spiro atoms.